The molecule has 0 saturated heterocycles. The molecule has 1 amide bonds. The van der Waals surface area contributed by atoms with Crippen molar-refractivity contribution in [3.8, 4) is 0 Å². The topological polar surface area (TPSA) is 45.4 Å². The van der Waals surface area contributed by atoms with Gasteiger partial charge in [0.05, 0.1) is 11.6 Å². The van der Waals surface area contributed by atoms with Crippen molar-refractivity contribution in [1.29, 1.82) is 0 Å². The highest BCUT2D eigenvalue weighted by Gasteiger charge is 2.34. The van der Waals surface area contributed by atoms with Crippen molar-refractivity contribution in [2.45, 2.75) is 39.2 Å². The fourth-order valence-corrected chi connectivity index (χ4v) is 2.71. The lowest BCUT2D eigenvalue weighted by molar-refractivity contribution is -0.443. The molecule has 1 aromatic heterocycles. The van der Waals surface area contributed by atoms with Crippen molar-refractivity contribution in [3.63, 3.8) is 0 Å². The van der Waals surface area contributed by atoms with E-state index in [0.29, 0.717) is 23.9 Å². The van der Waals surface area contributed by atoms with E-state index in [1.165, 1.54) is 0 Å². The molecule has 0 fully saturated rings. The van der Waals surface area contributed by atoms with Crippen LogP contribution in [0.4, 0.5) is 10.6 Å². The molecule has 0 aliphatic carbocycles. The van der Waals surface area contributed by atoms with Crippen molar-refractivity contribution >= 4 is 29.2 Å². The summed E-state index contributed by atoms with van der Waals surface area (Å²) < 4.78 is 7.20. The van der Waals surface area contributed by atoms with Crippen molar-refractivity contribution in [3.05, 3.63) is 23.4 Å². The Labute approximate surface area is 136 Å². The third-order valence-electron chi connectivity index (χ3n) is 3.36. The van der Waals surface area contributed by atoms with E-state index in [-0.39, 0.29) is 6.09 Å². The van der Waals surface area contributed by atoms with Crippen molar-refractivity contribution < 1.29 is 14.1 Å². The number of halogens is 1. The number of aromatic nitrogens is 1. The van der Waals surface area contributed by atoms with E-state index in [0.717, 1.165) is 18.6 Å². The van der Waals surface area contributed by atoms with E-state index in [1.54, 1.807) is 16.8 Å². The van der Waals surface area contributed by atoms with Gasteiger partial charge in [-0.25, -0.2) is 4.98 Å². The summed E-state index contributed by atoms with van der Waals surface area (Å²) in [6.45, 7) is 6.94. The molecule has 120 valence electrons. The number of hydrogen-bond acceptors (Lipinski definition) is 4. The smallest absolute Gasteiger partial charge is 0.406 e. The molecule has 1 aliphatic rings. The SMILES string of the molecule is CN(CC1=[N+](C(=O)OC(C)(C)C)CCC1)c1ncccc1Cl. The summed E-state index contributed by atoms with van der Waals surface area (Å²) in [6, 6.07) is 3.61. The summed E-state index contributed by atoms with van der Waals surface area (Å²) in [6.07, 6.45) is 3.27. The Morgan fingerprint density at radius 3 is 2.86 bits per heavy atom. The van der Waals surface area contributed by atoms with Crippen LogP contribution >= 0.6 is 11.6 Å². The van der Waals surface area contributed by atoms with E-state index in [4.69, 9.17) is 16.3 Å². The van der Waals surface area contributed by atoms with Crippen molar-refractivity contribution in [2.75, 3.05) is 25.0 Å². The Bertz CT molecular complexity index is 593. The van der Waals surface area contributed by atoms with Crippen LogP contribution in [0.2, 0.25) is 5.02 Å². The number of hydrogen-bond donors (Lipinski definition) is 0. The predicted molar refractivity (Wildman–Crippen MR) is 88.1 cm³/mol. The quantitative estimate of drug-likeness (QED) is 0.800. The predicted octanol–water partition coefficient (Wildman–Crippen LogP) is 3.35. The Balaban J connectivity index is 2.14. The van der Waals surface area contributed by atoms with Gasteiger partial charge in [0.1, 0.15) is 11.4 Å². The molecule has 5 nitrogen and oxygen atoms in total. The van der Waals surface area contributed by atoms with Crippen molar-refractivity contribution in [2.24, 2.45) is 0 Å². The van der Waals surface area contributed by atoms with E-state index < -0.39 is 5.60 Å². The molecule has 22 heavy (non-hydrogen) atoms. The van der Waals surface area contributed by atoms with Crippen LogP contribution in [-0.4, -0.2) is 47.1 Å². The van der Waals surface area contributed by atoms with Crippen LogP contribution in [0.1, 0.15) is 33.6 Å². The van der Waals surface area contributed by atoms with Crippen molar-refractivity contribution in [1.82, 2.24) is 4.98 Å². The minimum atomic E-state index is -0.485. The maximum atomic E-state index is 12.3. The van der Waals surface area contributed by atoms with Gasteiger partial charge in [-0.1, -0.05) is 11.6 Å². The van der Waals surface area contributed by atoms with Crippen LogP contribution in [0, 0.1) is 0 Å². The van der Waals surface area contributed by atoms with Gasteiger partial charge in [0.25, 0.3) is 0 Å². The van der Waals surface area contributed by atoms with E-state index in [9.17, 15) is 4.79 Å². The van der Waals surface area contributed by atoms with Gasteiger partial charge in [-0.3, -0.25) is 0 Å². The summed E-state index contributed by atoms with van der Waals surface area (Å²) in [5.74, 6) is 0.715. The Kier molecular flexibility index (Phi) is 5.06. The average Bonchev–Trinajstić information content (AvgIpc) is 2.85. The number of ether oxygens (including phenoxy) is 1. The molecule has 0 N–H and O–H groups in total. The molecule has 0 saturated carbocycles. The minimum absolute atomic E-state index is 0.277. The Morgan fingerprint density at radius 2 is 2.23 bits per heavy atom. The monoisotopic (exact) mass is 324 g/mol. The first-order chi connectivity index (χ1) is 10.3. The fourth-order valence-electron chi connectivity index (χ4n) is 2.44. The second kappa shape index (κ2) is 6.65. The highest BCUT2D eigenvalue weighted by atomic mass is 35.5. The lowest BCUT2D eigenvalue weighted by Crippen LogP contribution is -2.36. The standard InChI is InChI=1S/C16H23ClN3O2/c1-16(2,3)22-15(21)20-10-6-7-12(20)11-19(4)14-13(17)8-5-9-18-14/h5,8-9H,6-7,10-11H2,1-4H3/q+1. The molecule has 0 radical (unpaired) electrons. The lowest BCUT2D eigenvalue weighted by atomic mass is 10.2. The number of pyridine rings is 1. The van der Waals surface area contributed by atoms with Gasteiger partial charge < -0.3 is 9.64 Å². The molecule has 0 bridgehead atoms. The van der Waals surface area contributed by atoms with Crippen LogP contribution in [-0.2, 0) is 4.74 Å². The average molecular weight is 325 g/mol. The van der Waals surface area contributed by atoms with E-state index in [1.807, 2.05) is 38.8 Å². The highest BCUT2D eigenvalue weighted by molar-refractivity contribution is 6.32. The Morgan fingerprint density at radius 1 is 1.50 bits per heavy atom. The first-order valence-corrected chi connectivity index (χ1v) is 7.82. The lowest BCUT2D eigenvalue weighted by Gasteiger charge is -2.19. The molecule has 2 heterocycles. The first kappa shape index (κ1) is 16.7. The third kappa shape index (κ3) is 4.19. The van der Waals surface area contributed by atoms with Gasteiger partial charge in [-0.2, -0.15) is 4.79 Å². The molecule has 0 atom stereocenters. The Hall–Kier alpha value is -1.62. The normalized spacial score (nSPS) is 15.1. The number of anilines is 1. The van der Waals surface area contributed by atoms with Gasteiger partial charge >= 0.3 is 6.09 Å². The second-order valence-electron chi connectivity index (χ2n) is 6.47. The van der Waals surface area contributed by atoms with Gasteiger partial charge in [-0.15, -0.1) is 4.58 Å². The number of nitrogens with zero attached hydrogens (tertiary/aromatic N) is 3. The molecule has 1 aromatic rings. The molecule has 0 spiro atoms. The van der Waals surface area contributed by atoms with Gasteiger partial charge in [-0.05, 0) is 32.9 Å². The van der Waals surface area contributed by atoms with Crippen LogP contribution in [0.3, 0.4) is 0 Å². The minimum Gasteiger partial charge on any atom is -0.406 e. The molecular weight excluding hydrogens is 302 g/mol. The number of rotatable bonds is 3. The van der Waals surface area contributed by atoms with Crippen LogP contribution in [0.15, 0.2) is 18.3 Å². The number of carbonyl (C=O) groups is 1. The summed E-state index contributed by atoms with van der Waals surface area (Å²) in [5.41, 5.74) is 0.555. The maximum absolute atomic E-state index is 12.3. The molecule has 6 heteroatoms. The molecule has 0 aromatic carbocycles. The number of amides is 1. The highest BCUT2D eigenvalue weighted by Crippen LogP contribution is 2.22. The van der Waals surface area contributed by atoms with Crippen LogP contribution < -0.4 is 4.90 Å². The first-order valence-electron chi connectivity index (χ1n) is 7.45. The summed E-state index contributed by atoms with van der Waals surface area (Å²) in [4.78, 5) is 18.5. The van der Waals surface area contributed by atoms with Crippen LogP contribution in [0.5, 0.6) is 0 Å². The second-order valence-corrected chi connectivity index (χ2v) is 6.87. The zero-order valence-corrected chi connectivity index (χ0v) is 14.4. The molecule has 0 unspecified atom stereocenters. The summed E-state index contributed by atoms with van der Waals surface area (Å²) in [7, 11) is 1.92. The van der Waals surface area contributed by atoms with Gasteiger partial charge in [0.2, 0.25) is 0 Å². The van der Waals surface area contributed by atoms with E-state index >= 15 is 0 Å². The molecule has 2 rings (SSSR count). The zero-order chi connectivity index (χ0) is 16.3. The van der Waals surface area contributed by atoms with Crippen LogP contribution in [0.25, 0.3) is 0 Å². The maximum Gasteiger partial charge on any atom is 0.596 e. The third-order valence-corrected chi connectivity index (χ3v) is 3.66. The fraction of sp³-hybridized carbons (Fsp3) is 0.562. The zero-order valence-electron chi connectivity index (χ0n) is 13.6. The largest absolute Gasteiger partial charge is 0.596 e. The summed E-state index contributed by atoms with van der Waals surface area (Å²) in [5, 5.41) is 0.604. The summed E-state index contributed by atoms with van der Waals surface area (Å²) >= 11 is 6.17. The number of carbonyl (C=O) groups excluding carboxylic acids is 1. The van der Waals surface area contributed by atoms with Gasteiger partial charge in [0, 0.05) is 26.1 Å². The molecular formula is C16H23ClN3O2+. The van der Waals surface area contributed by atoms with Gasteiger partial charge in [0.15, 0.2) is 12.3 Å². The van der Waals surface area contributed by atoms with E-state index in [2.05, 4.69) is 4.98 Å². The molecule has 1 aliphatic heterocycles.